The minimum Gasteiger partial charge on any atom is -0.356 e. The van der Waals surface area contributed by atoms with E-state index < -0.39 is 0 Å². The third-order valence-corrected chi connectivity index (χ3v) is 3.86. The molecule has 1 amide bonds. The van der Waals surface area contributed by atoms with Crippen LogP contribution in [0.15, 0.2) is 0 Å². The van der Waals surface area contributed by atoms with Gasteiger partial charge < -0.3 is 16.0 Å². The molecule has 0 aromatic heterocycles. The summed E-state index contributed by atoms with van der Waals surface area (Å²) in [6, 6.07) is 0.831. The Balaban J connectivity index is 3.57. The predicted octanol–water partition coefficient (Wildman–Crippen LogP) is 2.38. The highest BCUT2D eigenvalue weighted by molar-refractivity contribution is 5.78. The van der Waals surface area contributed by atoms with Crippen molar-refractivity contribution < 1.29 is 4.79 Å². The summed E-state index contributed by atoms with van der Waals surface area (Å²) in [4.78, 5) is 14.2. The first-order valence-corrected chi connectivity index (χ1v) is 8.08. The summed E-state index contributed by atoms with van der Waals surface area (Å²) in [6.07, 6.45) is 5.15. The van der Waals surface area contributed by atoms with Gasteiger partial charge in [0, 0.05) is 24.5 Å². The Morgan fingerprint density at radius 3 is 2.30 bits per heavy atom. The number of unbranched alkanes of at least 4 members (excludes halogenated alkanes) is 1. The van der Waals surface area contributed by atoms with Gasteiger partial charge >= 0.3 is 0 Å². The molecule has 2 atom stereocenters. The van der Waals surface area contributed by atoms with Crippen LogP contribution in [0.4, 0.5) is 0 Å². The van der Waals surface area contributed by atoms with Crippen molar-refractivity contribution in [2.75, 3.05) is 20.1 Å². The number of amides is 1. The van der Waals surface area contributed by atoms with Gasteiger partial charge in [-0.2, -0.15) is 0 Å². The van der Waals surface area contributed by atoms with Gasteiger partial charge in [-0.3, -0.25) is 4.79 Å². The summed E-state index contributed by atoms with van der Waals surface area (Å²) in [7, 11) is 2.14. The van der Waals surface area contributed by atoms with E-state index in [1.165, 1.54) is 0 Å². The number of hydrogen-bond acceptors (Lipinski definition) is 3. The molecule has 2 unspecified atom stereocenters. The van der Waals surface area contributed by atoms with Gasteiger partial charge in [0.15, 0.2) is 0 Å². The van der Waals surface area contributed by atoms with Crippen LogP contribution in [0.2, 0.25) is 0 Å². The topological polar surface area (TPSA) is 58.4 Å². The second-order valence-corrected chi connectivity index (χ2v) is 6.38. The van der Waals surface area contributed by atoms with E-state index in [0.717, 1.165) is 45.2 Å². The lowest BCUT2D eigenvalue weighted by Gasteiger charge is -2.20. The third kappa shape index (κ3) is 10.2. The van der Waals surface area contributed by atoms with Crippen molar-refractivity contribution in [2.24, 2.45) is 11.7 Å². The second kappa shape index (κ2) is 11.1. The highest BCUT2D eigenvalue weighted by atomic mass is 16.1. The smallest absolute Gasteiger partial charge is 0.222 e. The van der Waals surface area contributed by atoms with Crippen molar-refractivity contribution in [1.29, 1.82) is 0 Å². The average Bonchev–Trinajstić information content (AvgIpc) is 2.36. The maximum Gasteiger partial charge on any atom is 0.222 e. The van der Waals surface area contributed by atoms with Gasteiger partial charge in [-0.25, -0.2) is 0 Å². The molecule has 0 saturated heterocycles. The van der Waals surface area contributed by atoms with E-state index in [4.69, 9.17) is 5.73 Å². The first-order chi connectivity index (χ1) is 9.34. The molecule has 0 aromatic rings. The van der Waals surface area contributed by atoms with Gasteiger partial charge in [-0.1, -0.05) is 13.3 Å². The van der Waals surface area contributed by atoms with Crippen LogP contribution in [0, 0.1) is 5.92 Å². The standard InChI is InChI=1S/C16H35N3O/c1-13(2)19(5)12-7-6-11-18-16(20)14(3)9-8-10-15(4)17/h13-15H,6-12,17H2,1-5H3,(H,18,20). The zero-order valence-electron chi connectivity index (χ0n) is 14.1. The normalized spacial score (nSPS) is 14.6. The van der Waals surface area contributed by atoms with Crippen LogP contribution in [0.25, 0.3) is 0 Å². The first-order valence-electron chi connectivity index (χ1n) is 8.08. The van der Waals surface area contributed by atoms with Crippen LogP contribution in [0.1, 0.15) is 59.8 Å². The van der Waals surface area contributed by atoms with Gasteiger partial charge in [0.1, 0.15) is 0 Å². The van der Waals surface area contributed by atoms with E-state index >= 15 is 0 Å². The zero-order chi connectivity index (χ0) is 15.5. The molecule has 0 heterocycles. The fourth-order valence-corrected chi connectivity index (χ4v) is 2.01. The molecule has 20 heavy (non-hydrogen) atoms. The molecular weight excluding hydrogens is 250 g/mol. The molecule has 120 valence electrons. The minimum atomic E-state index is 0.104. The molecule has 0 spiro atoms. The minimum absolute atomic E-state index is 0.104. The third-order valence-electron chi connectivity index (χ3n) is 3.86. The van der Waals surface area contributed by atoms with E-state index in [1.807, 2.05) is 13.8 Å². The Bertz CT molecular complexity index is 254. The molecule has 3 N–H and O–H groups in total. The maximum absolute atomic E-state index is 11.9. The molecule has 0 fully saturated rings. The molecular formula is C16H35N3O. The van der Waals surface area contributed by atoms with Crippen LogP contribution < -0.4 is 11.1 Å². The highest BCUT2D eigenvalue weighted by Crippen LogP contribution is 2.09. The Morgan fingerprint density at radius 2 is 1.75 bits per heavy atom. The van der Waals surface area contributed by atoms with Crippen LogP contribution in [-0.2, 0) is 4.79 Å². The summed E-state index contributed by atoms with van der Waals surface area (Å²) in [5.41, 5.74) is 5.71. The lowest BCUT2D eigenvalue weighted by Crippen LogP contribution is -2.31. The maximum atomic E-state index is 11.9. The van der Waals surface area contributed by atoms with Crippen LogP contribution in [0.3, 0.4) is 0 Å². The molecule has 0 rings (SSSR count). The van der Waals surface area contributed by atoms with Crippen molar-refractivity contribution in [2.45, 2.75) is 71.9 Å². The Labute approximate surface area is 125 Å². The van der Waals surface area contributed by atoms with E-state index in [-0.39, 0.29) is 17.9 Å². The average molecular weight is 285 g/mol. The molecule has 0 bridgehead atoms. The van der Waals surface area contributed by atoms with Gasteiger partial charge in [0.2, 0.25) is 5.91 Å². The van der Waals surface area contributed by atoms with E-state index in [1.54, 1.807) is 0 Å². The molecule has 4 nitrogen and oxygen atoms in total. The van der Waals surface area contributed by atoms with Gasteiger partial charge in [0.05, 0.1) is 0 Å². The fraction of sp³-hybridized carbons (Fsp3) is 0.938. The lowest BCUT2D eigenvalue weighted by molar-refractivity contribution is -0.124. The van der Waals surface area contributed by atoms with Crippen molar-refractivity contribution >= 4 is 5.91 Å². The van der Waals surface area contributed by atoms with Gasteiger partial charge in [0.25, 0.3) is 0 Å². The number of nitrogens with one attached hydrogen (secondary N) is 1. The molecule has 0 aliphatic heterocycles. The molecule has 0 aliphatic carbocycles. The number of carbonyl (C=O) groups excluding carboxylic acids is 1. The largest absolute Gasteiger partial charge is 0.356 e. The lowest BCUT2D eigenvalue weighted by atomic mass is 10.0. The molecule has 0 radical (unpaired) electrons. The van der Waals surface area contributed by atoms with Crippen molar-refractivity contribution in [1.82, 2.24) is 10.2 Å². The number of nitrogens with two attached hydrogens (primary N) is 1. The van der Waals surface area contributed by atoms with Crippen LogP contribution >= 0.6 is 0 Å². The van der Waals surface area contributed by atoms with Crippen LogP contribution in [0.5, 0.6) is 0 Å². The summed E-state index contributed by atoms with van der Waals surface area (Å²) in [5.74, 6) is 0.291. The van der Waals surface area contributed by atoms with Crippen molar-refractivity contribution in [3.05, 3.63) is 0 Å². The Kier molecular flexibility index (Phi) is 10.8. The van der Waals surface area contributed by atoms with Gasteiger partial charge in [-0.15, -0.1) is 0 Å². The summed E-state index contributed by atoms with van der Waals surface area (Å²) < 4.78 is 0. The summed E-state index contributed by atoms with van der Waals surface area (Å²) in [6.45, 7) is 10.3. The predicted molar refractivity (Wildman–Crippen MR) is 86.7 cm³/mol. The van der Waals surface area contributed by atoms with E-state index in [0.29, 0.717) is 6.04 Å². The molecule has 0 aromatic carbocycles. The second-order valence-electron chi connectivity index (χ2n) is 6.38. The summed E-state index contributed by atoms with van der Waals surface area (Å²) in [5, 5.41) is 3.03. The Hall–Kier alpha value is -0.610. The molecule has 4 heteroatoms. The SMILES string of the molecule is CC(N)CCCC(C)C(=O)NCCCCN(C)C(C)C. The monoisotopic (exact) mass is 285 g/mol. The molecule has 0 aliphatic rings. The number of hydrogen-bond donors (Lipinski definition) is 2. The first kappa shape index (κ1) is 19.4. The Morgan fingerprint density at radius 1 is 1.10 bits per heavy atom. The van der Waals surface area contributed by atoms with E-state index in [2.05, 4.69) is 31.1 Å². The number of carbonyl (C=O) groups is 1. The zero-order valence-corrected chi connectivity index (χ0v) is 14.1. The summed E-state index contributed by atoms with van der Waals surface area (Å²) >= 11 is 0. The van der Waals surface area contributed by atoms with Crippen LogP contribution in [-0.4, -0.2) is 43.0 Å². The van der Waals surface area contributed by atoms with Crippen molar-refractivity contribution in [3.63, 3.8) is 0 Å². The number of nitrogens with zero attached hydrogens (tertiary/aromatic N) is 1. The fourth-order valence-electron chi connectivity index (χ4n) is 2.01. The van der Waals surface area contributed by atoms with Gasteiger partial charge in [-0.05, 0) is 60.0 Å². The number of rotatable bonds is 11. The van der Waals surface area contributed by atoms with Crippen molar-refractivity contribution in [3.8, 4) is 0 Å². The molecule has 0 saturated carbocycles. The quantitative estimate of drug-likeness (QED) is 0.573. The highest BCUT2D eigenvalue weighted by Gasteiger charge is 2.12. The van der Waals surface area contributed by atoms with E-state index in [9.17, 15) is 4.79 Å².